The van der Waals surface area contributed by atoms with Crippen LogP contribution in [0.25, 0.3) is 0 Å². The maximum absolute atomic E-state index is 12.1. The highest BCUT2D eigenvalue weighted by Gasteiger charge is 2.34. The van der Waals surface area contributed by atoms with Gasteiger partial charge in [-0.05, 0) is 37.7 Å². The quantitative estimate of drug-likeness (QED) is 0.874. The summed E-state index contributed by atoms with van der Waals surface area (Å²) in [6, 6.07) is 11.7. The molecule has 0 spiro atoms. The molecule has 1 saturated carbocycles. The van der Waals surface area contributed by atoms with E-state index in [4.69, 9.17) is 5.73 Å². The first-order chi connectivity index (χ1) is 10.8. The van der Waals surface area contributed by atoms with Crippen molar-refractivity contribution < 1.29 is 4.79 Å². The van der Waals surface area contributed by atoms with E-state index < -0.39 is 0 Å². The van der Waals surface area contributed by atoms with E-state index in [9.17, 15) is 4.79 Å². The molecular formula is C18H27N3O. The summed E-state index contributed by atoms with van der Waals surface area (Å²) in [5.74, 6) is 0.111. The van der Waals surface area contributed by atoms with Gasteiger partial charge in [0.1, 0.15) is 0 Å². The summed E-state index contributed by atoms with van der Waals surface area (Å²) in [6.45, 7) is 3.00. The van der Waals surface area contributed by atoms with Crippen LogP contribution in [-0.2, 0) is 11.3 Å². The second kappa shape index (κ2) is 7.25. The van der Waals surface area contributed by atoms with Crippen LogP contribution in [0.2, 0.25) is 0 Å². The third kappa shape index (κ3) is 3.87. The molecule has 22 heavy (non-hydrogen) atoms. The molecule has 0 aromatic heterocycles. The molecule has 1 atom stereocenters. The van der Waals surface area contributed by atoms with Gasteiger partial charge in [0.15, 0.2) is 0 Å². The van der Waals surface area contributed by atoms with Gasteiger partial charge in [0.05, 0.1) is 6.54 Å². The molecule has 1 aliphatic carbocycles. The summed E-state index contributed by atoms with van der Waals surface area (Å²) in [6.07, 6.45) is 6.05. The second-order valence-corrected chi connectivity index (χ2v) is 6.59. The Bertz CT molecular complexity index is 486. The van der Waals surface area contributed by atoms with Crippen LogP contribution in [0.15, 0.2) is 30.3 Å². The molecule has 1 heterocycles. The summed E-state index contributed by atoms with van der Waals surface area (Å²) in [5, 5.41) is 0. The highest BCUT2D eigenvalue weighted by Crippen LogP contribution is 2.30. The van der Waals surface area contributed by atoms with Gasteiger partial charge in [-0.1, -0.05) is 30.3 Å². The normalized spacial score (nSPS) is 22.1. The first-order valence-corrected chi connectivity index (χ1v) is 8.55. The van der Waals surface area contributed by atoms with Gasteiger partial charge in [-0.25, -0.2) is 0 Å². The zero-order valence-corrected chi connectivity index (χ0v) is 13.3. The topological polar surface area (TPSA) is 49.6 Å². The number of hydrogen-bond donors (Lipinski definition) is 1. The maximum atomic E-state index is 12.1. The van der Waals surface area contributed by atoms with Crippen LogP contribution in [-0.4, -0.2) is 47.4 Å². The zero-order valence-electron chi connectivity index (χ0n) is 13.3. The highest BCUT2D eigenvalue weighted by molar-refractivity contribution is 5.78. The van der Waals surface area contributed by atoms with Gasteiger partial charge >= 0.3 is 0 Å². The van der Waals surface area contributed by atoms with Crippen LogP contribution in [0.3, 0.4) is 0 Å². The van der Waals surface area contributed by atoms with E-state index in [-0.39, 0.29) is 12.5 Å². The Morgan fingerprint density at radius 2 is 1.95 bits per heavy atom. The number of hydrogen-bond acceptors (Lipinski definition) is 3. The minimum atomic E-state index is 0.111. The van der Waals surface area contributed by atoms with Crippen LogP contribution >= 0.6 is 0 Å². The van der Waals surface area contributed by atoms with Crippen molar-refractivity contribution in [3.05, 3.63) is 35.9 Å². The largest absolute Gasteiger partial charge is 0.337 e. The van der Waals surface area contributed by atoms with E-state index in [0.29, 0.717) is 12.1 Å². The molecule has 1 unspecified atom stereocenters. The predicted molar refractivity (Wildman–Crippen MR) is 88.3 cm³/mol. The Balaban J connectivity index is 1.65. The van der Waals surface area contributed by atoms with E-state index >= 15 is 0 Å². The van der Waals surface area contributed by atoms with Crippen LogP contribution in [0.1, 0.15) is 37.7 Å². The molecule has 4 heteroatoms. The van der Waals surface area contributed by atoms with Crippen molar-refractivity contribution in [2.75, 3.05) is 19.6 Å². The lowest BCUT2D eigenvalue weighted by molar-refractivity contribution is -0.133. The summed E-state index contributed by atoms with van der Waals surface area (Å²) >= 11 is 0. The SMILES string of the molecule is NCC(=O)N1CCCCC1CN(Cc1ccccc1)C1CC1. The van der Waals surface area contributed by atoms with Crippen molar-refractivity contribution in [3.63, 3.8) is 0 Å². The molecule has 2 N–H and O–H groups in total. The first kappa shape index (κ1) is 15.5. The van der Waals surface area contributed by atoms with Gasteiger partial charge in [-0.15, -0.1) is 0 Å². The number of piperidine rings is 1. The monoisotopic (exact) mass is 301 g/mol. The number of carbonyl (C=O) groups is 1. The van der Waals surface area contributed by atoms with Crippen LogP contribution in [0, 0.1) is 0 Å². The lowest BCUT2D eigenvalue weighted by atomic mass is 10.0. The molecule has 1 aromatic carbocycles. The Kier molecular flexibility index (Phi) is 5.11. The Morgan fingerprint density at radius 1 is 1.18 bits per heavy atom. The highest BCUT2D eigenvalue weighted by atomic mass is 16.2. The van der Waals surface area contributed by atoms with Crippen molar-refractivity contribution in [3.8, 4) is 0 Å². The number of likely N-dealkylation sites (tertiary alicyclic amines) is 1. The fourth-order valence-electron chi connectivity index (χ4n) is 3.51. The van der Waals surface area contributed by atoms with E-state index in [2.05, 4.69) is 35.2 Å². The number of benzene rings is 1. The summed E-state index contributed by atoms with van der Waals surface area (Å²) in [7, 11) is 0. The van der Waals surface area contributed by atoms with Gasteiger partial charge in [-0.3, -0.25) is 9.69 Å². The molecule has 4 nitrogen and oxygen atoms in total. The number of amides is 1. The zero-order chi connectivity index (χ0) is 15.4. The Labute approximate surface area is 133 Å². The minimum absolute atomic E-state index is 0.111. The molecule has 2 aliphatic rings. The molecule has 0 radical (unpaired) electrons. The molecule has 120 valence electrons. The first-order valence-electron chi connectivity index (χ1n) is 8.55. The third-order valence-electron chi connectivity index (χ3n) is 4.86. The molecule has 0 bridgehead atoms. The third-order valence-corrected chi connectivity index (χ3v) is 4.86. The van der Waals surface area contributed by atoms with E-state index in [0.717, 1.165) is 32.5 Å². The van der Waals surface area contributed by atoms with Crippen molar-refractivity contribution in [1.29, 1.82) is 0 Å². The van der Waals surface area contributed by atoms with E-state index in [1.807, 2.05) is 4.90 Å². The standard InChI is InChI=1S/C18H27N3O/c19-12-18(22)21-11-5-4-8-17(21)14-20(16-9-10-16)13-15-6-2-1-3-7-15/h1-3,6-7,16-17H,4-5,8-14,19H2. The molecule has 2 fully saturated rings. The van der Waals surface area contributed by atoms with Crippen molar-refractivity contribution in [2.24, 2.45) is 5.73 Å². The van der Waals surface area contributed by atoms with E-state index in [1.54, 1.807) is 0 Å². The van der Waals surface area contributed by atoms with Crippen molar-refractivity contribution in [2.45, 2.75) is 50.7 Å². The number of carbonyl (C=O) groups excluding carboxylic acids is 1. The van der Waals surface area contributed by atoms with Gasteiger partial charge in [-0.2, -0.15) is 0 Å². The summed E-state index contributed by atoms with van der Waals surface area (Å²) in [5.41, 5.74) is 6.95. The van der Waals surface area contributed by atoms with Crippen molar-refractivity contribution >= 4 is 5.91 Å². The molecule has 1 aromatic rings. The van der Waals surface area contributed by atoms with Gasteiger partial charge in [0, 0.05) is 31.7 Å². The average molecular weight is 301 g/mol. The Morgan fingerprint density at radius 3 is 2.64 bits per heavy atom. The lowest BCUT2D eigenvalue weighted by Crippen LogP contribution is -2.51. The Hall–Kier alpha value is -1.39. The molecule has 1 amide bonds. The minimum Gasteiger partial charge on any atom is -0.337 e. The fraction of sp³-hybridized carbons (Fsp3) is 0.611. The molecule has 1 saturated heterocycles. The van der Waals surface area contributed by atoms with Crippen molar-refractivity contribution in [1.82, 2.24) is 9.80 Å². The number of nitrogens with two attached hydrogens (primary N) is 1. The van der Waals surface area contributed by atoms with Gasteiger partial charge in [0.2, 0.25) is 5.91 Å². The van der Waals surface area contributed by atoms with Gasteiger partial charge in [0.25, 0.3) is 0 Å². The second-order valence-electron chi connectivity index (χ2n) is 6.59. The number of nitrogens with zero attached hydrogens (tertiary/aromatic N) is 2. The molecule has 1 aliphatic heterocycles. The van der Waals surface area contributed by atoms with Crippen LogP contribution < -0.4 is 5.73 Å². The summed E-state index contributed by atoms with van der Waals surface area (Å²) < 4.78 is 0. The summed E-state index contributed by atoms with van der Waals surface area (Å²) in [4.78, 5) is 16.7. The van der Waals surface area contributed by atoms with Crippen LogP contribution in [0.4, 0.5) is 0 Å². The molecular weight excluding hydrogens is 274 g/mol. The van der Waals surface area contributed by atoms with Gasteiger partial charge < -0.3 is 10.6 Å². The predicted octanol–water partition coefficient (Wildman–Crippen LogP) is 1.99. The smallest absolute Gasteiger partial charge is 0.236 e. The molecule has 3 rings (SSSR count). The van der Waals surface area contributed by atoms with E-state index in [1.165, 1.54) is 24.8 Å². The fourth-order valence-corrected chi connectivity index (χ4v) is 3.51. The number of rotatable bonds is 6. The lowest BCUT2D eigenvalue weighted by Gasteiger charge is -2.39. The maximum Gasteiger partial charge on any atom is 0.236 e. The van der Waals surface area contributed by atoms with Crippen LogP contribution in [0.5, 0.6) is 0 Å². The average Bonchev–Trinajstić information content (AvgIpc) is 3.40.